The molecule has 0 saturated carbocycles. The lowest BCUT2D eigenvalue weighted by molar-refractivity contribution is -0.140. The summed E-state index contributed by atoms with van der Waals surface area (Å²) >= 11 is 6.07. The number of aryl methyl sites for hydroxylation is 2. The molecule has 0 saturated heterocycles. The van der Waals surface area contributed by atoms with Crippen molar-refractivity contribution in [2.45, 2.75) is 64.4 Å². The first-order chi connectivity index (χ1) is 19.1. The summed E-state index contributed by atoms with van der Waals surface area (Å²) in [5.74, 6) is -0.742. The zero-order valence-electron chi connectivity index (χ0n) is 23.6. The highest BCUT2D eigenvalue weighted by molar-refractivity contribution is 7.92. The fourth-order valence-electron chi connectivity index (χ4n) is 4.53. The number of sulfonamides is 1. The number of rotatable bonds is 13. The Bertz CT molecular complexity index is 1400. The van der Waals surface area contributed by atoms with Crippen LogP contribution in [0.4, 0.5) is 5.69 Å². The summed E-state index contributed by atoms with van der Waals surface area (Å²) in [5, 5.41) is 3.49. The number of nitrogens with one attached hydrogen (secondary N) is 1. The molecule has 0 aromatic heterocycles. The molecule has 0 spiro atoms. The van der Waals surface area contributed by atoms with E-state index in [1.165, 1.54) is 17.0 Å². The van der Waals surface area contributed by atoms with Gasteiger partial charge in [-0.15, -0.1) is 0 Å². The highest BCUT2D eigenvalue weighted by atomic mass is 35.5. The van der Waals surface area contributed by atoms with E-state index in [4.69, 9.17) is 11.6 Å². The van der Waals surface area contributed by atoms with Gasteiger partial charge in [-0.25, -0.2) is 8.42 Å². The second-order valence-electron chi connectivity index (χ2n) is 9.83. The molecule has 3 aromatic rings. The monoisotopic (exact) mass is 583 g/mol. The predicted molar refractivity (Wildman–Crippen MR) is 161 cm³/mol. The van der Waals surface area contributed by atoms with Gasteiger partial charge in [0.1, 0.15) is 12.6 Å². The third-order valence-electron chi connectivity index (χ3n) is 6.71. The zero-order chi connectivity index (χ0) is 29.3. The van der Waals surface area contributed by atoms with Crippen molar-refractivity contribution >= 4 is 39.1 Å². The van der Waals surface area contributed by atoms with E-state index in [2.05, 4.69) is 5.32 Å². The highest BCUT2D eigenvalue weighted by Crippen LogP contribution is 2.28. The summed E-state index contributed by atoms with van der Waals surface area (Å²) in [7, 11) is -4.10. The molecule has 0 radical (unpaired) electrons. The normalized spacial score (nSPS) is 12.0. The molecule has 1 atom stereocenters. The Morgan fingerprint density at radius 3 is 2.23 bits per heavy atom. The summed E-state index contributed by atoms with van der Waals surface area (Å²) in [6.45, 7) is 7.79. The SMILES string of the molecule is CCCCNC(=O)[C@@H](CC)N(Cc1ccc(Cl)cc1)C(=O)CN(c1ccc(C)cc1C)S(=O)(=O)c1ccccc1. The van der Waals surface area contributed by atoms with Crippen molar-refractivity contribution in [1.82, 2.24) is 10.2 Å². The first-order valence-corrected chi connectivity index (χ1v) is 15.4. The zero-order valence-corrected chi connectivity index (χ0v) is 25.1. The topological polar surface area (TPSA) is 86.8 Å². The van der Waals surface area contributed by atoms with E-state index in [-0.39, 0.29) is 17.3 Å². The Morgan fingerprint density at radius 1 is 0.950 bits per heavy atom. The summed E-state index contributed by atoms with van der Waals surface area (Å²) in [6, 6.07) is 19.8. The number of anilines is 1. The average Bonchev–Trinajstić information content (AvgIpc) is 2.93. The standard InChI is InChI=1S/C31H38ClN3O4S/c1-5-7-19-33-31(37)28(6-2)34(21-25-14-16-26(32)17-15-25)30(36)22-35(29-18-13-23(3)20-24(29)4)40(38,39)27-11-9-8-10-12-27/h8-18,20,28H,5-7,19,21-22H2,1-4H3,(H,33,37)/t28-/m1/s1. The van der Waals surface area contributed by atoms with E-state index in [1.807, 2.05) is 39.8 Å². The molecule has 0 heterocycles. The number of carbonyl (C=O) groups is 2. The van der Waals surface area contributed by atoms with Crippen LogP contribution in [0.2, 0.25) is 5.02 Å². The van der Waals surface area contributed by atoms with Gasteiger partial charge in [-0.3, -0.25) is 13.9 Å². The van der Waals surface area contributed by atoms with Gasteiger partial charge < -0.3 is 10.2 Å². The number of carbonyl (C=O) groups excluding carboxylic acids is 2. The smallest absolute Gasteiger partial charge is 0.264 e. The molecule has 0 fully saturated rings. The van der Waals surface area contributed by atoms with Gasteiger partial charge in [-0.05, 0) is 68.1 Å². The van der Waals surface area contributed by atoms with E-state index in [1.54, 1.807) is 48.5 Å². The van der Waals surface area contributed by atoms with Crippen LogP contribution < -0.4 is 9.62 Å². The fourth-order valence-corrected chi connectivity index (χ4v) is 6.16. The van der Waals surface area contributed by atoms with Crippen LogP contribution >= 0.6 is 11.6 Å². The Labute approximate surface area is 243 Å². The van der Waals surface area contributed by atoms with Crippen molar-refractivity contribution in [3.63, 3.8) is 0 Å². The molecule has 0 aliphatic rings. The van der Waals surface area contributed by atoms with Crippen LogP contribution in [0.25, 0.3) is 0 Å². The first kappa shape index (κ1) is 31.2. The molecule has 3 aromatic carbocycles. The lowest BCUT2D eigenvalue weighted by Gasteiger charge is -2.33. The van der Waals surface area contributed by atoms with Gasteiger partial charge in [0.2, 0.25) is 11.8 Å². The molecular formula is C31H38ClN3O4S. The Morgan fingerprint density at radius 2 is 1.62 bits per heavy atom. The van der Waals surface area contributed by atoms with E-state index in [9.17, 15) is 18.0 Å². The summed E-state index contributed by atoms with van der Waals surface area (Å²) in [4.78, 5) is 28.9. The van der Waals surface area contributed by atoms with Crippen molar-refractivity contribution in [2.75, 3.05) is 17.4 Å². The van der Waals surface area contributed by atoms with Crippen molar-refractivity contribution in [1.29, 1.82) is 0 Å². The van der Waals surface area contributed by atoms with Crippen LogP contribution in [0.5, 0.6) is 0 Å². The molecular weight excluding hydrogens is 546 g/mol. The first-order valence-electron chi connectivity index (χ1n) is 13.5. The Balaban J connectivity index is 2.05. The lowest BCUT2D eigenvalue weighted by Crippen LogP contribution is -2.52. The van der Waals surface area contributed by atoms with Crippen LogP contribution in [0.3, 0.4) is 0 Å². The van der Waals surface area contributed by atoms with Crippen molar-refractivity contribution in [2.24, 2.45) is 0 Å². The minimum absolute atomic E-state index is 0.0800. The van der Waals surface area contributed by atoms with E-state index >= 15 is 0 Å². The molecule has 0 unspecified atom stereocenters. The second kappa shape index (κ2) is 14.3. The minimum Gasteiger partial charge on any atom is -0.354 e. The van der Waals surface area contributed by atoms with Crippen molar-refractivity contribution in [3.8, 4) is 0 Å². The quantitative estimate of drug-likeness (QED) is 0.255. The molecule has 214 valence electrons. The maximum absolute atomic E-state index is 14.1. The lowest BCUT2D eigenvalue weighted by atomic mass is 10.1. The highest BCUT2D eigenvalue weighted by Gasteiger charge is 2.34. The molecule has 1 N–H and O–H groups in total. The molecule has 3 rings (SSSR count). The largest absolute Gasteiger partial charge is 0.354 e. The number of unbranched alkanes of at least 4 members (excludes halogenated alkanes) is 1. The van der Waals surface area contributed by atoms with Crippen molar-refractivity contribution < 1.29 is 18.0 Å². The predicted octanol–water partition coefficient (Wildman–Crippen LogP) is 5.88. The molecule has 7 nitrogen and oxygen atoms in total. The maximum atomic E-state index is 14.1. The van der Waals surface area contributed by atoms with E-state index in [0.717, 1.165) is 33.8 Å². The third kappa shape index (κ3) is 7.86. The fraction of sp³-hybridized carbons (Fsp3) is 0.355. The summed E-state index contributed by atoms with van der Waals surface area (Å²) < 4.78 is 29.0. The maximum Gasteiger partial charge on any atom is 0.264 e. The summed E-state index contributed by atoms with van der Waals surface area (Å²) in [5.41, 5.74) is 2.89. The van der Waals surface area contributed by atoms with Gasteiger partial charge >= 0.3 is 0 Å². The molecule has 0 aliphatic heterocycles. The van der Waals surface area contributed by atoms with Gasteiger partial charge in [0.15, 0.2) is 0 Å². The number of halogens is 1. The number of nitrogens with zero attached hydrogens (tertiary/aromatic N) is 2. The van der Waals surface area contributed by atoms with Crippen LogP contribution in [0, 0.1) is 13.8 Å². The van der Waals surface area contributed by atoms with Crippen LogP contribution in [-0.2, 0) is 26.2 Å². The molecule has 0 bridgehead atoms. The molecule has 40 heavy (non-hydrogen) atoms. The summed E-state index contributed by atoms with van der Waals surface area (Å²) in [6.07, 6.45) is 2.11. The third-order valence-corrected chi connectivity index (χ3v) is 8.74. The average molecular weight is 584 g/mol. The van der Waals surface area contributed by atoms with Gasteiger partial charge in [0.05, 0.1) is 10.6 Å². The van der Waals surface area contributed by atoms with Crippen molar-refractivity contribution in [3.05, 3.63) is 94.5 Å². The molecule has 2 amide bonds. The van der Waals surface area contributed by atoms with Crippen LogP contribution in [-0.4, -0.2) is 44.3 Å². The van der Waals surface area contributed by atoms with Gasteiger partial charge in [0.25, 0.3) is 10.0 Å². The Kier molecular flexibility index (Phi) is 11.2. The molecule has 9 heteroatoms. The number of benzene rings is 3. The Hall–Kier alpha value is -3.36. The van der Waals surface area contributed by atoms with Crippen LogP contribution in [0.1, 0.15) is 49.8 Å². The van der Waals surface area contributed by atoms with E-state index in [0.29, 0.717) is 23.7 Å². The van der Waals surface area contributed by atoms with Gasteiger partial charge in [-0.2, -0.15) is 0 Å². The van der Waals surface area contributed by atoms with Crippen LogP contribution in [0.15, 0.2) is 77.7 Å². The van der Waals surface area contributed by atoms with E-state index < -0.39 is 28.5 Å². The minimum atomic E-state index is -4.10. The number of hydrogen-bond acceptors (Lipinski definition) is 4. The van der Waals surface area contributed by atoms with Gasteiger partial charge in [0, 0.05) is 18.1 Å². The van der Waals surface area contributed by atoms with Gasteiger partial charge in [-0.1, -0.05) is 79.9 Å². The number of amides is 2. The second-order valence-corrected chi connectivity index (χ2v) is 12.1. The number of hydrogen-bond donors (Lipinski definition) is 1. The molecule has 0 aliphatic carbocycles.